The van der Waals surface area contributed by atoms with Crippen molar-refractivity contribution in [2.45, 2.75) is 52.1 Å². The van der Waals surface area contributed by atoms with Gasteiger partial charge in [-0.05, 0) is 44.2 Å². The van der Waals surface area contributed by atoms with Crippen molar-refractivity contribution in [2.75, 3.05) is 25.0 Å². The van der Waals surface area contributed by atoms with E-state index in [1.54, 1.807) is 0 Å². The Kier molecular flexibility index (Phi) is 6.68. The lowest BCUT2D eigenvalue weighted by Crippen LogP contribution is -2.59. The monoisotopic (exact) mass is 365 g/mol. The molecule has 0 aromatic heterocycles. The number of quaternary nitrogens is 1. The van der Waals surface area contributed by atoms with Crippen molar-refractivity contribution < 1.29 is 9.28 Å². The number of anilines is 1. The number of para-hydroxylation sites is 1. The maximum atomic E-state index is 11.6. The van der Waals surface area contributed by atoms with E-state index in [-0.39, 0.29) is 0 Å². The number of aryl methyl sites for hydroxylation is 2. The van der Waals surface area contributed by atoms with Gasteiger partial charge in [-0.1, -0.05) is 48.5 Å². The van der Waals surface area contributed by atoms with Crippen LogP contribution in [0.2, 0.25) is 0 Å². The van der Waals surface area contributed by atoms with Crippen molar-refractivity contribution >= 4 is 12.0 Å². The van der Waals surface area contributed by atoms with E-state index in [2.05, 4.69) is 67.7 Å². The zero-order valence-electron chi connectivity index (χ0n) is 16.8. The minimum atomic E-state index is 0.307. The summed E-state index contributed by atoms with van der Waals surface area (Å²) in [5, 5.41) is 3.70. The molecule has 0 amide bonds. The molecule has 2 aromatic rings. The fourth-order valence-electron chi connectivity index (χ4n) is 4.67. The third-order valence-electron chi connectivity index (χ3n) is 6.19. The van der Waals surface area contributed by atoms with Crippen LogP contribution in [-0.2, 0) is 11.3 Å². The van der Waals surface area contributed by atoms with Crippen LogP contribution in [0.25, 0.3) is 0 Å². The molecule has 0 saturated carbocycles. The van der Waals surface area contributed by atoms with Crippen molar-refractivity contribution in [1.29, 1.82) is 0 Å². The number of hydrogen-bond donors (Lipinski definition) is 1. The lowest BCUT2D eigenvalue weighted by atomic mass is 9.98. The van der Waals surface area contributed by atoms with E-state index >= 15 is 0 Å². The first-order valence-electron chi connectivity index (χ1n) is 10.3. The molecule has 3 nitrogen and oxygen atoms in total. The van der Waals surface area contributed by atoms with Crippen molar-refractivity contribution in [1.82, 2.24) is 0 Å². The molecule has 1 fully saturated rings. The molecule has 1 atom stereocenters. The molecule has 1 aliphatic heterocycles. The Morgan fingerprint density at radius 3 is 2.26 bits per heavy atom. The molecule has 144 valence electrons. The zero-order chi connectivity index (χ0) is 19.1. The van der Waals surface area contributed by atoms with Crippen LogP contribution in [-0.4, -0.2) is 36.4 Å². The molecule has 0 radical (unpaired) electrons. The third kappa shape index (κ3) is 4.78. The molecule has 1 heterocycles. The van der Waals surface area contributed by atoms with Crippen LogP contribution in [0.15, 0.2) is 48.5 Å². The van der Waals surface area contributed by atoms with E-state index in [9.17, 15) is 4.79 Å². The number of likely N-dealkylation sites (tertiary alicyclic amines) is 1. The van der Waals surface area contributed by atoms with Crippen molar-refractivity contribution in [3.8, 4) is 0 Å². The highest BCUT2D eigenvalue weighted by atomic mass is 16.1. The molecule has 0 spiro atoms. The molecule has 27 heavy (non-hydrogen) atoms. The number of piperidine rings is 1. The molecule has 0 bridgehead atoms. The summed E-state index contributed by atoms with van der Waals surface area (Å²) in [6, 6.07) is 17.5. The lowest BCUT2D eigenvalue weighted by molar-refractivity contribution is -0.965. The van der Waals surface area contributed by atoms with E-state index in [4.69, 9.17) is 0 Å². The highest BCUT2D eigenvalue weighted by Crippen LogP contribution is 2.29. The smallest absolute Gasteiger partial charge is 0.125 e. The number of benzene rings is 2. The van der Waals surface area contributed by atoms with E-state index in [0.717, 1.165) is 23.9 Å². The van der Waals surface area contributed by atoms with Gasteiger partial charge in [-0.2, -0.15) is 0 Å². The molecule has 1 N–H and O–H groups in total. The fraction of sp³-hybridized carbons (Fsp3) is 0.458. The Morgan fingerprint density at radius 2 is 1.63 bits per heavy atom. The van der Waals surface area contributed by atoms with E-state index in [1.807, 2.05) is 0 Å². The Labute approximate surface area is 164 Å². The molecule has 2 aromatic carbocycles. The number of carbonyl (C=O) groups excluding carboxylic acids is 1. The number of nitrogens with one attached hydrogen (secondary N) is 1. The Bertz CT molecular complexity index is 715. The SMILES string of the molecule is Cc1cccc(C)c1NC[C@H](CC=O)[N+]1(Cc2ccccc2)CCCCC1. The first-order chi connectivity index (χ1) is 13.1. The Hall–Kier alpha value is -2.13. The highest BCUT2D eigenvalue weighted by molar-refractivity contribution is 5.57. The van der Waals surface area contributed by atoms with Crippen LogP contribution < -0.4 is 5.32 Å². The summed E-state index contributed by atoms with van der Waals surface area (Å²) in [5.74, 6) is 0. The number of carbonyl (C=O) groups is 1. The number of rotatable bonds is 8. The molecule has 1 aliphatic rings. The lowest BCUT2D eigenvalue weighted by Gasteiger charge is -2.47. The van der Waals surface area contributed by atoms with Gasteiger partial charge in [-0.3, -0.25) is 0 Å². The van der Waals surface area contributed by atoms with Crippen LogP contribution in [0.1, 0.15) is 42.4 Å². The summed E-state index contributed by atoms with van der Waals surface area (Å²) in [7, 11) is 0. The van der Waals surface area contributed by atoms with Gasteiger partial charge in [0.25, 0.3) is 0 Å². The molecule has 3 rings (SSSR count). The predicted molar refractivity (Wildman–Crippen MR) is 113 cm³/mol. The molecule has 3 heteroatoms. The summed E-state index contributed by atoms with van der Waals surface area (Å²) in [6.45, 7) is 8.51. The van der Waals surface area contributed by atoms with Crippen LogP contribution in [0, 0.1) is 13.8 Å². The first-order valence-corrected chi connectivity index (χ1v) is 10.3. The average Bonchev–Trinajstić information content (AvgIpc) is 2.68. The number of hydrogen-bond acceptors (Lipinski definition) is 2. The Balaban J connectivity index is 1.83. The van der Waals surface area contributed by atoms with Gasteiger partial charge in [0, 0.05) is 11.3 Å². The van der Waals surface area contributed by atoms with Gasteiger partial charge >= 0.3 is 0 Å². The van der Waals surface area contributed by atoms with Crippen LogP contribution in [0.3, 0.4) is 0 Å². The van der Waals surface area contributed by atoms with Gasteiger partial charge < -0.3 is 14.6 Å². The van der Waals surface area contributed by atoms with Crippen LogP contribution in [0.5, 0.6) is 0 Å². The second-order valence-corrected chi connectivity index (χ2v) is 8.07. The molecular formula is C24H33N2O+. The minimum Gasteiger partial charge on any atom is -0.379 e. The maximum Gasteiger partial charge on any atom is 0.125 e. The van der Waals surface area contributed by atoms with Crippen molar-refractivity contribution in [3.05, 3.63) is 65.2 Å². The summed E-state index contributed by atoms with van der Waals surface area (Å²) in [5.41, 5.74) is 5.15. The minimum absolute atomic E-state index is 0.307. The second kappa shape index (κ2) is 9.18. The van der Waals surface area contributed by atoms with Crippen LogP contribution >= 0.6 is 0 Å². The topological polar surface area (TPSA) is 29.1 Å². The molecule has 0 aliphatic carbocycles. The van der Waals surface area contributed by atoms with Crippen molar-refractivity contribution in [2.24, 2.45) is 0 Å². The largest absolute Gasteiger partial charge is 0.379 e. The number of aldehydes is 1. The molecular weight excluding hydrogens is 332 g/mol. The van der Waals surface area contributed by atoms with Gasteiger partial charge in [0.15, 0.2) is 0 Å². The summed E-state index contributed by atoms with van der Waals surface area (Å²) >= 11 is 0. The van der Waals surface area contributed by atoms with Gasteiger partial charge in [-0.25, -0.2) is 0 Å². The molecule has 1 saturated heterocycles. The normalized spacial score (nSPS) is 17.3. The van der Waals surface area contributed by atoms with E-state index in [1.165, 1.54) is 54.7 Å². The number of nitrogens with zero attached hydrogens (tertiary/aromatic N) is 1. The van der Waals surface area contributed by atoms with E-state index in [0.29, 0.717) is 12.5 Å². The summed E-state index contributed by atoms with van der Waals surface area (Å²) in [4.78, 5) is 11.6. The fourth-order valence-corrected chi connectivity index (χ4v) is 4.67. The highest BCUT2D eigenvalue weighted by Gasteiger charge is 2.38. The molecule has 0 unspecified atom stereocenters. The van der Waals surface area contributed by atoms with Gasteiger partial charge in [0.1, 0.15) is 18.9 Å². The second-order valence-electron chi connectivity index (χ2n) is 8.07. The first kappa shape index (κ1) is 19.6. The quantitative estimate of drug-likeness (QED) is 0.534. The van der Waals surface area contributed by atoms with Gasteiger partial charge in [0.2, 0.25) is 0 Å². The van der Waals surface area contributed by atoms with Crippen molar-refractivity contribution in [3.63, 3.8) is 0 Å². The average molecular weight is 366 g/mol. The maximum absolute atomic E-state index is 11.6. The Morgan fingerprint density at radius 1 is 0.963 bits per heavy atom. The van der Waals surface area contributed by atoms with Crippen LogP contribution in [0.4, 0.5) is 5.69 Å². The zero-order valence-corrected chi connectivity index (χ0v) is 16.8. The summed E-state index contributed by atoms with van der Waals surface area (Å²) < 4.78 is 1.03. The van der Waals surface area contributed by atoms with Gasteiger partial charge in [-0.15, -0.1) is 0 Å². The van der Waals surface area contributed by atoms with Gasteiger partial charge in [0.05, 0.1) is 26.1 Å². The summed E-state index contributed by atoms with van der Waals surface area (Å²) in [6.07, 6.45) is 5.56. The predicted octanol–water partition coefficient (Wildman–Crippen LogP) is 4.87. The van der Waals surface area contributed by atoms with E-state index < -0.39 is 0 Å². The standard InChI is InChI=1S/C24H33N2O/c1-20-10-9-11-21(2)24(20)25-18-23(14-17-27)26(15-7-4-8-16-26)19-22-12-5-3-6-13-22/h3,5-6,9-13,17,23,25H,4,7-8,14-16,18-19H2,1-2H3/q+1/t23-/m0/s1. The third-order valence-corrected chi connectivity index (χ3v) is 6.19.